The van der Waals surface area contributed by atoms with Gasteiger partial charge in [0.05, 0.1) is 19.3 Å². The lowest BCUT2D eigenvalue weighted by molar-refractivity contribution is -0.00139. The van der Waals surface area contributed by atoms with Crippen molar-refractivity contribution in [2.24, 2.45) is 0 Å². The topological polar surface area (TPSA) is 50.8 Å². The molecule has 1 aromatic carbocycles. The molecular formula is C19H31BrN2O3Si. The number of amides is 2. The van der Waals surface area contributed by atoms with Crippen molar-refractivity contribution in [1.29, 1.82) is 0 Å². The average Bonchev–Trinajstić information content (AvgIpc) is 2.53. The van der Waals surface area contributed by atoms with Crippen molar-refractivity contribution >= 4 is 36.0 Å². The van der Waals surface area contributed by atoms with Crippen LogP contribution in [0.2, 0.25) is 18.1 Å². The minimum absolute atomic E-state index is 0.0680. The number of carbonyl (C=O) groups is 1. The summed E-state index contributed by atoms with van der Waals surface area (Å²) >= 11 is 3.50. The molecule has 7 heteroatoms. The Bertz CT molecular complexity index is 646. The van der Waals surface area contributed by atoms with Crippen molar-refractivity contribution in [3.05, 3.63) is 28.2 Å². The zero-order valence-corrected chi connectivity index (χ0v) is 19.3. The zero-order valence-electron chi connectivity index (χ0n) is 16.7. The second-order valence-electron chi connectivity index (χ2n) is 8.41. The van der Waals surface area contributed by atoms with Gasteiger partial charge in [-0.25, -0.2) is 4.79 Å². The highest BCUT2D eigenvalue weighted by Gasteiger charge is 2.37. The van der Waals surface area contributed by atoms with E-state index in [9.17, 15) is 4.79 Å². The minimum Gasteiger partial charge on any atom is -0.412 e. The summed E-state index contributed by atoms with van der Waals surface area (Å²) in [5.74, 6) is 0. The van der Waals surface area contributed by atoms with Crippen molar-refractivity contribution < 1.29 is 14.0 Å². The molecule has 1 aromatic rings. The predicted octanol–water partition coefficient (Wildman–Crippen LogP) is 5.22. The number of nitrogens with one attached hydrogen (secondary N) is 1. The highest BCUT2D eigenvalue weighted by atomic mass is 79.9. The number of morpholine rings is 1. The molecule has 0 spiro atoms. The van der Waals surface area contributed by atoms with Crippen LogP contribution >= 0.6 is 15.9 Å². The van der Waals surface area contributed by atoms with E-state index in [4.69, 9.17) is 9.16 Å². The molecule has 1 heterocycles. The Morgan fingerprint density at radius 3 is 2.73 bits per heavy atom. The van der Waals surface area contributed by atoms with Crippen LogP contribution in [0.25, 0.3) is 0 Å². The molecule has 0 radical (unpaired) electrons. The first-order valence-electron chi connectivity index (χ1n) is 9.09. The number of hydrogen-bond donors (Lipinski definition) is 1. The number of nitrogens with zero attached hydrogens (tertiary/aromatic N) is 1. The summed E-state index contributed by atoms with van der Waals surface area (Å²) in [7, 11) is -1.86. The largest absolute Gasteiger partial charge is 0.412 e. The number of carbonyl (C=O) groups excluding carboxylic acids is 1. The van der Waals surface area contributed by atoms with E-state index in [1.165, 1.54) is 0 Å². The van der Waals surface area contributed by atoms with Crippen molar-refractivity contribution in [1.82, 2.24) is 4.90 Å². The summed E-state index contributed by atoms with van der Waals surface area (Å²) in [5.41, 5.74) is 1.79. The van der Waals surface area contributed by atoms with Gasteiger partial charge in [-0.1, -0.05) is 42.8 Å². The van der Waals surface area contributed by atoms with Crippen molar-refractivity contribution in [2.75, 3.05) is 25.0 Å². The summed E-state index contributed by atoms with van der Waals surface area (Å²) in [6, 6.07) is 5.84. The number of benzene rings is 1. The highest BCUT2D eigenvalue weighted by molar-refractivity contribution is 9.10. The fourth-order valence-electron chi connectivity index (χ4n) is 2.46. The van der Waals surface area contributed by atoms with Gasteiger partial charge in [0.1, 0.15) is 0 Å². The Hall–Kier alpha value is -0.893. The van der Waals surface area contributed by atoms with E-state index in [1.807, 2.05) is 25.1 Å². The summed E-state index contributed by atoms with van der Waals surface area (Å²) in [6.45, 7) is 15.4. The molecule has 1 aliphatic heterocycles. The second-order valence-corrected chi connectivity index (χ2v) is 14.1. The monoisotopic (exact) mass is 442 g/mol. The van der Waals surface area contributed by atoms with Crippen molar-refractivity contribution in [3.8, 4) is 0 Å². The highest BCUT2D eigenvalue weighted by Crippen LogP contribution is 2.37. The van der Waals surface area contributed by atoms with E-state index in [0.29, 0.717) is 26.3 Å². The van der Waals surface area contributed by atoms with Crippen LogP contribution in [0.5, 0.6) is 0 Å². The van der Waals surface area contributed by atoms with E-state index in [-0.39, 0.29) is 17.2 Å². The molecule has 0 unspecified atom stereocenters. The maximum absolute atomic E-state index is 12.6. The van der Waals surface area contributed by atoms with Crippen LogP contribution in [0.15, 0.2) is 22.7 Å². The van der Waals surface area contributed by atoms with Gasteiger partial charge < -0.3 is 19.4 Å². The Morgan fingerprint density at radius 2 is 2.12 bits per heavy atom. The molecule has 146 valence electrons. The number of anilines is 1. The number of urea groups is 1. The Kier molecular flexibility index (Phi) is 6.93. The predicted molar refractivity (Wildman–Crippen MR) is 112 cm³/mol. The van der Waals surface area contributed by atoms with E-state index >= 15 is 0 Å². The Balaban J connectivity index is 2.11. The molecule has 0 bridgehead atoms. The third-order valence-corrected chi connectivity index (χ3v) is 10.2. The smallest absolute Gasteiger partial charge is 0.322 e. The molecule has 5 nitrogen and oxygen atoms in total. The van der Waals surface area contributed by atoms with Crippen LogP contribution in [0.3, 0.4) is 0 Å². The summed E-state index contributed by atoms with van der Waals surface area (Å²) in [5, 5.41) is 3.20. The molecule has 1 saturated heterocycles. The molecule has 1 fully saturated rings. The molecule has 1 aliphatic rings. The van der Waals surface area contributed by atoms with Gasteiger partial charge in [0.25, 0.3) is 0 Å². The zero-order chi connectivity index (χ0) is 19.5. The van der Waals surface area contributed by atoms with Crippen LogP contribution in [0, 0.1) is 0 Å². The molecule has 2 rings (SSSR count). The van der Waals surface area contributed by atoms with Gasteiger partial charge in [-0.2, -0.15) is 0 Å². The van der Waals surface area contributed by atoms with Gasteiger partial charge in [0.15, 0.2) is 8.32 Å². The van der Waals surface area contributed by atoms with E-state index in [1.54, 1.807) is 4.90 Å². The molecule has 26 heavy (non-hydrogen) atoms. The fraction of sp³-hybridized carbons (Fsp3) is 0.632. The summed E-state index contributed by atoms with van der Waals surface area (Å²) in [4.78, 5) is 14.4. The van der Waals surface area contributed by atoms with E-state index in [2.05, 4.69) is 55.1 Å². The van der Waals surface area contributed by atoms with Gasteiger partial charge in [-0.05, 0) is 37.2 Å². The third kappa shape index (κ3) is 5.55. The first-order valence-corrected chi connectivity index (χ1v) is 12.8. The number of ether oxygens (including phenoxy) is 1. The van der Waals surface area contributed by atoms with Crippen molar-refractivity contribution in [2.45, 2.75) is 58.5 Å². The second kappa shape index (κ2) is 8.42. The lowest BCUT2D eigenvalue weighted by Gasteiger charge is -2.36. The van der Waals surface area contributed by atoms with E-state index in [0.717, 1.165) is 15.7 Å². The standard InChI is InChI=1S/C19H31BrN2O3Si/c1-14-12-22(9-10-24-14)18(23)21-17-11-16(20)8-7-15(17)13-25-26(5,6)19(2,3)4/h7-8,11,14H,9-10,12-13H2,1-6H3,(H,21,23)/t14-/m1/s1. The molecule has 0 saturated carbocycles. The molecule has 2 amide bonds. The number of halogens is 1. The lowest BCUT2D eigenvalue weighted by Crippen LogP contribution is -2.46. The van der Waals surface area contributed by atoms with Gasteiger partial charge in [-0.3, -0.25) is 0 Å². The summed E-state index contributed by atoms with van der Waals surface area (Å²) in [6.07, 6.45) is 0.0680. The SMILES string of the molecule is C[C@@H]1CN(C(=O)Nc2cc(Br)ccc2CO[Si](C)(C)C(C)(C)C)CCO1. The Morgan fingerprint density at radius 1 is 1.42 bits per heavy atom. The normalized spacial score (nSPS) is 18.7. The average molecular weight is 443 g/mol. The molecule has 0 aliphatic carbocycles. The third-order valence-electron chi connectivity index (χ3n) is 5.24. The van der Waals surface area contributed by atoms with Gasteiger partial charge in [-0.15, -0.1) is 0 Å². The number of hydrogen-bond acceptors (Lipinski definition) is 3. The van der Waals surface area contributed by atoms with Crippen LogP contribution in [-0.4, -0.2) is 45.0 Å². The van der Waals surface area contributed by atoms with Crippen LogP contribution in [0.1, 0.15) is 33.3 Å². The molecule has 1 N–H and O–H groups in total. The maximum atomic E-state index is 12.6. The van der Waals surface area contributed by atoms with Crippen LogP contribution < -0.4 is 5.32 Å². The van der Waals surface area contributed by atoms with Gasteiger partial charge in [0.2, 0.25) is 0 Å². The molecular weight excluding hydrogens is 412 g/mol. The van der Waals surface area contributed by atoms with Gasteiger partial charge >= 0.3 is 6.03 Å². The Labute approximate surface area is 166 Å². The minimum atomic E-state index is -1.86. The lowest BCUT2D eigenvalue weighted by atomic mass is 10.2. The quantitative estimate of drug-likeness (QED) is 0.649. The first-order chi connectivity index (χ1) is 12.0. The van der Waals surface area contributed by atoms with Crippen LogP contribution in [-0.2, 0) is 15.8 Å². The van der Waals surface area contributed by atoms with Crippen LogP contribution in [0.4, 0.5) is 10.5 Å². The fourth-order valence-corrected chi connectivity index (χ4v) is 3.77. The maximum Gasteiger partial charge on any atom is 0.322 e. The number of rotatable bonds is 4. The molecule has 0 aromatic heterocycles. The first kappa shape index (κ1) is 21.4. The molecule has 1 atom stereocenters. The van der Waals surface area contributed by atoms with E-state index < -0.39 is 8.32 Å². The summed E-state index contributed by atoms with van der Waals surface area (Å²) < 4.78 is 12.8. The van der Waals surface area contributed by atoms with Crippen molar-refractivity contribution in [3.63, 3.8) is 0 Å². The van der Waals surface area contributed by atoms with Gasteiger partial charge in [0, 0.05) is 28.8 Å².